The van der Waals surface area contributed by atoms with E-state index in [-0.39, 0.29) is 0 Å². The van der Waals surface area contributed by atoms with Crippen molar-refractivity contribution in [2.45, 2.75) is 13.5 Å². The molecule has 0 unspecified atom stereocenters. The third-order valence-electron chi connectivity index (χ3n) is 4.54. The van der Waals surface area contributed by atoms with Crippen molar-refractivity contribution >= 4 is 23.1 Å². The van der Waals surface area contributed by atoms with Gasteiger partial charge in [0.05, 0.1) is 10.6 Å². The van der Waals surface area contributed by atoms with Gasteiger partial charge in [0.1, 0.15) is 11.9 Å². The van der Waals surface area contributed by atoms with Gasteiger partial charge in [-0.1, -0.05) is 18.5 Å². The average molecular weight is 356 g/mol. The Labute approximate surface area is 153 Å². The summed E-state index contributed by atoms with van der Waals surface area (Å²) in [5, 5.41) is 12.8. The standard InChI is InChI=1S/C19H22ClN5/c1-2-24-7-9-25(10-8-24)19-11-15(5-6-22-19)14-23-17-4-3-16(13-21)18(20)12-17/h3-6,11-12,23H,2,7-10,14H2,1H3. The van der Waals surface area contributed by atoms with Crippen LogP contribution in [0.15, 0.2) is 36.5 Å². The van der Waals surface area contributed by atoms with Gasteiger partial charge in [0.25, 0.3) is 0 Å². The fourth-order valence-corrected chi connectivity index (χ4v) is 3.18. The van der Waals surface area contributed by atoms with Crippen LogP contribution in [0, 0.1) is 11.3 Å². The van der Waals surface area contributed by atoms with Crippen LogP contribution in [0.2, 0.25) is 5.02 Å². The minimum Gasteiger partial charge on any atom is -0.381 e. The van der Waals surface area contributed by atoms with Gasteiger partial charge in [-0.2, -0.15) is 5.26 Å². The monoisotopic (exact) mass is 355 g/mol. The number of rotatable bonds is 5. The largest absolute Gasteiger partial charge is 0.381 e. The lowest BCUT2D eigenvalue weighted by Gasteiger charge is -2.34. The minimum atomic E-state index is 0.469. The van der Waals surface area contributed by atoms with Gasteiger partial charge in [0.2, 0.25) is 0 Å². The zero-order chi connectivity index (χ0) is 17.6. The molecule has 1 aliphatic heterocycles. The minimum absolute atomic E-state index is 0.469. The molecule has 0 atom stereocenters. The first-order valence-electron chi connectivity index (χ1n) is 8.55. The topological polar surface area (TPSA) is 55.2 Å². The van der Waals surface area contributed by atoms with Crippen molar-refractivity contribution in [3.8, 4) is 6.07 Å². The third kappa shape index (κ3) is 4.41. The molecule has 1 saturated heterocycles. The number of nitrogens with one attached hydrogen (secondary N) is 1. The molecule has 6 heteroatoms. The molecular formula is C19H22ClN5. The molecule has 1 fully saturated rings. The average Bonchev–Trinajstić information content (AvgIpc) is 2.67. The maximum absolute atomic E-state index is 8.93. The lowest BCUT2D eigenvalue weighted by Crippen LogP contribution is -2.46. The van der Waals surface area contributed by atoms with E-state index >= 15 is 0 Å². The van der Waals surface area contributed by atoms with Crippen LogP contribution in [0.4, 0.5) is 11.5 Å². The van der Waals surface area contributed by atoms with E-state index < -0.39 is 0 Å². The maximum Gasteiger partial charge on any atom is 0.128 e. The fourth-order valence-electron chi connectivity index (χ4n) is 2.96. The molecule has 0 saturated carbocycles. The Morgan fingerprint density at radius 3 is 2.68 bits per heavy atom. The van der Waals surface area contributed by atoms with Crippen LogP contribution >= 0.6 is 11.6 Å². The predicted molar refractivity (Wildman–Crippen MR) is 102 cm³/mol. The molecule has 0 amide bonds. The van der Waals surface area contributed by atoms with Gasteiger partial charge in [0, 0.05) is 44.6 Å². The molecule has 0 aliphatic carbocycles. The lowest BCUT2D eigenvalue weighted by molar-refractivity contribution is 0.270. The van der Waals surface area contributed by atoms with Gasteiger partial charge in [-0.15, -0.1) is 0 Å². The second-order valence-corrected chi connectivity index (χ2v) is 6.51. The summed E-state index contributed by atoms with van der Waals surface area (Å²) in [6.45, 7) is 8.21. The Kier molecular flexibility index (Phi) is 5.75. The van der Waals surface area contributed by atoms with Crippen LogP contribution in [0.1, 0.15) is 18.1 Å². The SMILES string of the molecule is CCN1CCN(c2cc(CNc3ccc(C#N)c(Cl)c3)ccn2)CC1. The fraction of sp³-hybridized carbons (Fsp3) is 0.368. The molecule has 1 aromatic carbocycles. The molecule has 2 heterocycles. The van der Waals surface area contributed by atoms with Gasteiger partial charge in [-0.25, -0.2) is 4.98 Å². The van der Waals surface area contributed by atoms with Crippen molar-refractivity contribution in [2.75, 3.05) is 42.9 Å². The molecule has 5 nitrogen and oxygen atoms in total. The second kappa shape index (κ2) is 8.19. The van der Waals surface area contributed by atoms with E-state index in [1.807, 2.05) is 18.3 Å². The number of hydrogen-bond donors (Lipinski definition) is 1. The van der Waals surface area contributed by atoms with Gasteiger partial charge >= 0.3 is 0 Å². The number of likely N-dealkylation sites (N-methyl/N-ethyl adjacent to an activating group) is 1. The number of pyridine rings is 1. The highest BCUT2D eigenvalue weighted by Crippen LogP contribution is 2.21. The van der Waals surface area contributed by atoms with Crippen LogP contribution in [-0.2, 0) is 6.54 Å². The number of piperazine rings is 1. The molecule has 1 aromatic heterocycles. The molecule has 25 heavy (non-hydrogen) atoms. The number of halogens is 1. The van der Waals surface area contributed by atoms with Crippen molar-refractivity contribution in [3.63, 3.8) is 0 Å². The summed E-state index contributed by atoms with van der Waals surface area (Å²) < 4.78 is 0. The second-order valence-electron chi connectivity index (χ2n) is 6.10. The molecule has 0 bridgehead atoms. The number of nitriles is 1. The molecule has 0 radical (unpaired) electrons. The molecule has 130 valence electrons. The van der Waals surface area contributed by atoms with E-state index in [1.165, 1.54) is 5.56 Å². The van der Waals surface area contributed by atoms with Crippen LogP contribution in [0.25, 0.3) is 0 Å². The maximum atomic E-state index is 8.93. The molecular weight excluding hydrogens is 334 g/mol. The van der Waals surface area contributed by atoms with E-state index in [0.29, 0.717) is 17.1 Å². The molecule has 0 spiro atoms. The molecule has 1 N–H and O–H groups in total. The lowest BCUT2D eigenvalue weighted by atomic mass is 10.2. The zero-order valence-electron chi connectivity index (χ0n) is 14.4. The highest BCUT2D eigenvalue weighted by molar-refractivity contribution is 6.32. The third-order valence-corrected chi connectivity index (χ3v) is 4.85. The van der Waals surface area contributed by atoms with Crippen LogP contribution in [0.5, 0.6) is 0 Å². The van der Waals surface area contributed by atoms with Gasteiger partial charge in [-0.3, -0.25) is 0 Å². The van der Waals surface area contributed by atoms with Crippen molar-refractivity contribution in [1.29, 1.82) is 5.26 Å². The van der Waals surface area contributed by atoms with Gasteiger partial charge < -0.3 is 15.1 Å². The highest BCUT2D eigenvalue weighted by atomic mass is 35.5. The van der Waals surface area contributed by atoms with Crippen molar-refractivity contribution in [3.05, 3.63) is 52.7 Å². The van der Waals surface area contributed by atoms with Crippen LogP contribution < -0.4 is 10.2 Å². The summed E-state index contributed by atoms with van der Waals surface area (Å²) in [5.74, 6) is 1.04. The van der Waals surface area contributed by atoms with E-state index in [9.17, 15) is 0 Å². The Balaban J connectivity index is 1.62. The summed E-state index contributed by atoms with van der Waals surface area (Å²) in [5.41, 5.74) is 2.56. The summed E-state index contributed by atoms with van der Waals surface area (Å²) in [6.07, 6.45) is 1.87. The number of nitrogens with zero attached hydrogens (tertiary/aromatic N) is 4. The van der Waals surface area contributed by atoms with Crippen molar-refractivity contribution in [1.82, 2.24) is 9.88 Å². The molecule has 1 aliphatic rings. The first-order chi connectivity index (χ1) is 12.2. The van der Waals surface area contributed by atoms with Crippen molar-refractivity contribution < 1.29 is 0 Å². The zero-order valence-corrected chi connectivity index (χ0v) is 15.1. The quantitative estimate of drug-likeness (QED) is 0.891. The molecule has 3 rings (SSSR count). The highest BCUT2D eigenvalue weighted by Gasteiger charge is 2.16. The van der Waals surface area contributed by atoms with E-state index in [0.717, 1.165) is 44.2 Å². The number of benzene rings is 1. The normalized spacial score (nSPS) is 15.0. The van der Waals surface area contributed by atoms with Crippen LogP contribution in [0.3, 0.4) is 0 Å². The van der Waals surface area contributed by atoms with Gasteiger partial charge in [0.15, 0.2) is 0 Å². The summed E-state index contributed by atoms with van der Waals surface area (Å²) in [4.78, 5) is 9.32. The van der Waals surface area contributed by atoms with Crippen LogP contribution in [-0.4, -0.2) is 42.6 Å². The Bertz CT molecular complexity index is 763. The van der Waals surface area contributed by atoms with E-state index in [2.05, 4.69) is 39.2 Å². The number of anilines is 2. The summed E-state index contributed by atoms with van der Waals surface area (Å²) in [6, 6.07) is 11.6. The van der Waals surface area contributed by atoms with E-state index in [1.54, 1.807) is 12.1 Å². The molecule has 2 aromatic rings. The first kappa shape index (κ1) is 17.5. The summed E-state index contributed by atoms with van der Waals surface area (Å²) >= 11 is 6.08. The number of aromatic nitrogens is 1. The van der Waals surface area contributed by atoms with Gasteiger partial charge in [-0.05, 0) is 42.4 Å². The van der Waals surface area contributed by atoms with E-state index in [4.69, 9.17) is 16.9 Å². The smallest absolute Gasteiger partial charge is 0.128 e. The van der Waals surface area contributed by atoms with Crippen molar-refractivity contribution in [2.24, 2.45) is 0 Å². The first-order valence-corrected chi connectivity index (χ1v) is 8.93. The predicted octanol–water partition coefficient (Wildman–Crippen LogP) is 3.36. The Morgan fingerprint density at radius 2 is 2.00 bits per heavy atom. The number of hydrogen-bond acceptors (Lipinski definition) is 5. The Morgan fingerprint density at radius 1 is 1.20 bits per heavy atom. The summed E-state index contributed by atoms with van der Waals surface area (Å²) in [7, 11) is 0. The Hall–Kier alpha value is -2.29.